The van der Waals surface area contributed by atoms with E-state index in [1.54, 1.807) is 18.2 Å². The summed E-state index contributed by atoms with van der Waals surface area (Å²) in [4.78, 5) is 35.0. The molecule has 7 nitrogen and oxygen atoms in total. The van der Waals surface area contributed by atoms with Gasteiger partial charge in [-0.1, -0.05) is 24.3 Å². The number of nitrogens with two attached hydrogens (primary N) is 1. The fraction of sp³-hybridized carbons (Fsp3) is 0.150. The molecule has 1 heterocycles. The molecule has 0 atom stereocenters. The van der Waals surface area contributed by atoms with Crippen LogP contribution in [0, 0.1) is 6.92 Å². The second kappa shape index (κ2) is 7.74. The number of para-hydroxylation sites is 1. The van der Waals surface area contributed by atoms with Crippen molar-refractivity contribution in [2.45, 2.75) is 13.5 Å². The Morgan fingerprint density at radius 3 is 2.67 bits per heavy atom. The number of esters is 1. The Morgan fingerprint density at radius 1 is 1.11 bits per heavy atom. The van der Waals surface area contributed by atoms with Gasteiger partial charge in [0.05, 0.1) is 6.54 Å². The van der Waals surface area contributed by atoms with Crippen molar-refractivity contribution in [3.05, 3.63) is 65.9 Å². The highest BCUT2D eigenvalue weighted by Gasteiger charge is 2.12. The number of ether oxygens (including phenoxy) is 1. The van der Waals surface area contributed by atoms with Crippen molar-refractivity contribution in [2.75, 3.05) is 6.54 Å². The van der Waals surface area contributed by atoms with Crippen molar-refractivity contribution in [1.82, 2.24) is 9.88 Å². The third kappa shape index (κ3) is 4.33. The molecular formula is C20H19N3O4. The Hall–Kier alpha value is -3.61. The van der Waals surface area contributed by atoms with Gasteiger partial charge >= 0.3 is 5.97 Å². The number of carbonyl (C=O) groups is 3. The summed E-state index contributed by atoms with van der Waals surface area (Å²) in [5, 5.41) is 3.47. The first-order valence-corrected chi connectivity index (χ1v) is 8.36. The van der Waals surface area contributed by atoms with Crippen LogP contribution in [0.15, 0.2) is 54.7 Å². The average Bonchev–Trinajstić information content (AvgIpc) is 2.96. The number of nitrogens with zero attached hydrogens (tertiary/aromatic N) is 1. The number of benzene rings is 2. The van der Waals surface area contributed by atoms with Gasteiger partial charge in [-0.3, -0.25) is 9.59 Å². The fourth-order valence-corrected chi connectivity index (χ4v) is 2.83. The third-order valence-electron chi connectivity index (χ3n) is 4.04. The molecule has 0 saturated heterocycles. The summed E-state index contributed by atoms with van der Waals surface area (Å²) in [6.07, 6.45) is 1.90. The van der Waals surface area contributed by atoms with E-state index in [1.807, 2.05) is 42.0 Å². The molecule has 0 aliphatic heterocycles. The first kappa shape index (κ1) is 18.2. The van der Waals surface area contributed by atoms with Crippen LogP contribution in [0.3, 0.4) is 0 Å². The predicted molar refractivity (Wildman–Crippen MR) is 100 cm³/mol. The molecule has 7 heteroatoms. The Bertz CT molecular complexity index is 1020. The molecule has 0 saturated carbocycles. The van der Waals surface area contributed by atoms with Crippen LogP contribution in [-0.2, 0) is 16.1 Å². The quantitative estimate of drug-likeness (QED) is 0.513. The van der Waals surface area contributed by atoms with Crippen molar-refractivity contribution in [1.29, 1.82) is 0 Å². The minimum atomic E-state index is -0.639. The summed E-state index contributed by atoms with van der Waals surface area (Å²) in [7, 11) is 0. The first-order chi connectivity index (χ1) is 12.9. The molecule has 3 N–H and O–H groups in total. The zero-order valence-electron chi connectivity index (χ0n) is 14.8. The third-order valence-corrected chi connectivity index (χ3v) is 4.04. The number of carbonyl (C=O) groups excluding carboxylic acids is 3. The number of primary amides is 1. The fourth-order valence-electron chi connectivity index (χ4n) is 2.83. The van der Waals surface area contributed by atoms with Gasteiger partial charge < -0.3 is 20.4 Å². The standard InChI is InChI=1S/C20H19N3O4/c1-13-11-23(17-8-3-2-7-16(13)17)12-19(25)27-15-6-4-5-14(9-15)20(26)22-10-18(21)24/h2-9,11H,10,12H2,1H3,(H2,21,24)(H,22,26). The van der Waals surface area contributed by atoms with E-state index in [-0.39, 0.29) is 24.4 Å². The van der Waals surface area contributed by atoms with Gasteiger partial charge in [0.15, 0.2) is 0 Å². The summed E-state index contributed by atoms with van der Waals surface area (Å²) < 4.78 is 7.19. The maximum atomic E-state index is 12.3. The van der Waals surface area contributed by atoms with Gasteiger partial charge in [-0.2, -0.15) is 0 Å². The van der Waals surface area contributed by atoms with E-state index >= 15 is 0 Å². The number of hydrogen-bond donors (Lipinski definition) is 2. The zero-order valence-corrected chi connectivity index (χ0v) is 14.8. The molecule has 0 spiro atoms. The van der Waals surface area contributed by atoms with Gasteiger partial charge in [0.25, 0.3) is 5.91 Å². The van der Waals surface area contributed by atoms with E-state index in [2.05, 4.69) is 5.32 Å². The molecule has 0 fully saturated rings. The van der Waals surface area contributed by atoms with Crippen molar-refractivity contribution >= 4 is 28.7 Å². The molecule has 0 unspecified atom stereocenters. The zero-order chi connectivity index (χ0) is 19.4. The summed E-state index contributed by atoms with van der Waals surface area (Å²) in [6.45, 7) is 1.77. The van der Waals surface area contributed by atoms with Crippen LogP contribution in [-0.4, -0.2) is 28.9 Å². The largest absolute Gasteiger partial charge is 0.425 e. The van der Waals surface area contributed by atoms with Crippen LogP contribution in [0.2, 0.25) is 0 Å². The number of rotatable bonds is 6. The molecule has 0 aliphatic rings. The molecule has 3 aromatic rings. The van der Waals surface area contributed by atoms with Crippen molar-refractivity contribution < 1.29 is 19.1 Å². The van der Waals surface area contributed by atoms with E-state index in [0.29, 0.717) is 0 Å². The van der Waals surface area contributed by atoms with Crippen LogP contribution in [0.4, 0.5) is 0 Å². The van der Waals surface area contributed by atoms with E-state index in [4.69, 9.17) is 10.5 Å². The maximum absolute atomic E-state index is 12.3. The van der Waals surface area contributed by atoms with Crippen LogP contribution in [0.25, 0.3) is 10.9 Å². The Labute approximate surface area is 155 Å². The average molecular weight is 365 g/mol. The van der Waals surface area contributed by atoms with Crippen LogP contribution >= 0.6 is 0 Å². The number of nitrogens with one attached hydrogen (secondary N) is 1. The topological polar surface area (TPSA) is 103 Å². The number of aryl methyl sites for hydroxylation is 1. The lowest BCUT2D eigenvalue weighted by atomic mass is 10.2. The minimum absolute atomic E-state index is 0.0481. The first-order valence-electron chi connectivity index (χ1n) is 8.36. The molecule has 1 aromatic heterocycles. The van der Waals surface area contributed by atoms with Gasteiger partial charge in [-0.25, -0.2) is 4.79 Å². The molecule has 2 amide bonds. The Morgan fingerprint density at radius 2 is 1.89 bits per heavy atom. The van der Waals surface area contributed by atoms with Crippen molar-refractivity contribution in [2.24, 2.45) is 5.73 Å². The molecule has 27 heavy (non-hydrogen) atoms. The monoisotopic (exact) mass is 365 g/mol. The second-order valence-corrected chi connectivity index (χ2v) is 6.11. The number of aromatic nitrogens is 1. The van der Waals surface area contributed by atoms with Gasteiger partial charge in [-0.05, 0) is 36.8 Å². The number of amides is 2. The minimum Gasteiger partial charge on any atom is -0.425 e. The lowest BCUT2D eigenvalue weighted by Crippen LogP contribution is -2.33. The lowest BCUT2D eigenvalue weighted by molar-refractivity contribution is -0.135. The second-order valence-electron chi connectivity index (χ2n) is 6.11. The predicted octanol–water partition coefficient (Wildman–Crippen LogP) is 1.77. The van der Waals surface area contributed by atoms with E-state index in [9.17, 15) is 14.4 Å². The Balaban J connectivity index is 1.70. The number of hydrogen-bond acceptors (Lipinski definition) is 4. The highest BCUT2D eigenvalue weighted by atomic mass is 16.5. The van der Waals surface area contributed by atoms with Gasteiger partial charge in [0.2, 0.25) is 5.91 Å². The van der Waals surface area contributed by atoms with Gasteiger partial charge in [-0.15, -0.1) is 0 Å². The van der Waals surface area contributed by atoms with Crippen molar-refractivity contribution in [3.63, 3.8) is 0 Å². The molecule has 0 bridgehead atoms. The summed E-state index contributed by atoms with van der Waals surface area (Å²) in [6, 6.07) is 14.0. The summed E-state index contributed by atoms with van der Waals surface area (Å²) in [5.74, 6) is -1.32. The van der Waals surface area contributed by atoms with Gasteiger partial charge in [0, 0.05) is 22.7 Å². The SMILES string of the molecule is Cc1cn(CC(=O)Oc2cccc(C(=O)NCC(N)=O)c2)c2ccccc12. The lowest BCUT2D eigenvalue weighted by Gasteiger charge is -2.08. The van der Waals surface area contributed by atoms with Gasteiger partial charge in [0.1, 0.15) is 12.3 Å². The van der Waals surface area contributed by atoms with Crippen LogP contribution < -0.4 is 15.8 Å². The highest BCUT2D eigenvalue weighted by molar-refractivity contribution is 5.96. The van der Waals surface area contributed by atoms with E-state index < -0.39 is 17.8 Å². The smallest absolute Gasteiger partial charge is 0.331 e. The van der Waals surface area contributed by atoms with E-state index in [0.717, 1.165) is 16.5 Å². The summed E-state index contributed by atoms with van der Waals surface area (Å²) >= 11 is 0. The molecule has 138 valence electrons. The molecule has 2 aromatic carbocycles. The summed E-state index contributed by atoms with van der Waals surface area (Å²) in [5.41, 5.74) is 7.30. The molecular weight excluding hydrogens is 346 g/mol. The highest BCUT2D eigenvalue weighted by Crippen LogP contribution is 2.21. The molecule has 3 rings (SSSR count). The Kier molecular flexibility index (Phi) is 5.21. The normalized spacial score (nSPS) is 10.6. The maximum Gasteiger partial charge on any atom is 0.331 e. The van der Waals surface area contributed by atoms with Crippen LogP contribution in [0.1, 0.15) is 15.9 Å². The molecule has 0 aliphatic carbocycles. The van der Waals surface area contributed by atoms with Crippen LogP contribution in [0.5, 0.6) is 5.75 Å². The van der Waals surface area contributed by atoms with E-state index in [1.165, 1.54) is 6.07 Å². The van der Waals surface area contributed by atoms with Crippen molar-refractivity contribution in [3.8, 4) is 5.75 Å². The molecule has 0 radical (unpaired) electrons. The number of fused-ring (bicyclic) bond motifs is 1.